The lowest BCUT2D eigenvalue weighted by Crippen LogP contribution is -2.26. The minimum absolute atomic E-state index is 0.126. The van der Waals surface area contributed by atoms with Gasteiger partial charge < -0.3 is 5.32 Å². The van der Waals surface area contributed by atoms with Gasteiger partial charge in [0.15, 0.2) is 0 Å². The average Bonchev–Trinajstić information content (AvgIpc) is 2.57. The highest BCUT2D eigenvalue weighted by Gasteiger charge is 2.35. The van der Waals surface area contributed by atoms with E-state index in [2.05, 4.69) is 19.2 Å². The maximum absolute atomic E-state index is 13.2. The van der Waals surface area contributed by atoms with Crippen LogP contribution in [0.2, 0.25) is 0 Å². The SMILES string of the molecule is CCC1(CC)CNc2ccc(F)cc21. The van der Waals surface area contributed by atoms with Crippen molar-refractivity contribution < 1.29 is 4.39 Å². The summed E-state index contributed by atoms with van der Waals surface area (Å²) in [4.78, 5) is 0. The van der Waals surface area contributed by atoms with E-state index in [1.54, 1.807) is 6.07 Å². The molecule has 1 N–H and O–H groups in total. The van der Waals surface area contributed by atoms with Crippen molar-refractivity contribution in [2.75, 3.05) is 11.9 Å². The van der Waals surface area contributed by atoms with E-state index in [0.717, 1.165) is 30.6 Å². The number of nitrogens with one attached hydrogen (secondary N) is 1. The van der Waals surface area contributed by atoms with E-state index in [4.69, 9.17) is 0 Å². The van der Waals surface area contributed by atoms with Gasteiger partial charge in [0.25, 0.3) is 0 Å². The van der Waals surface area contributed by atoms with Gasteiger partial charge in [-0.05, 0) is 36.6 Å². The molecule has 0 saturated carbocycles. The number of benzene rings is 1. The molecule has 76 valence electrons. The van der Waals surface area contributed by atoms with E-state index < -0.39 is 0 Å². The summed E-state index contributed by atoms with van der Waals surface area (Å²) in [6, 6.07) is 5.05. The fourth-order valence-electron chi connectivity index (χ4n) is 2.35. The van der Waals surface area contributed by atoms with E-state index in [0.29, 0.717) is 0 Å². The van der Waals surface area contributed by atoms with E-state index in [-0.39, 0.29) is 11.2 Å². The summed E-state index contributed by atoms with van der Waals surface area (Å²) in [5, 5.41) is 3.35. The third kappa shape index (κ3) is 1.21. The van der Waals surface area contributed by atoms with Gasteiger partial charge in [0.2, 0.25) is 0 Å². The molecule has 1 nitrogen and oxygen atoms in total. The van der Waals surface area contributed by atoms with E-state index in [1.807, 2.05) is 6.07 Å². The topological polar surface area (TPSA) is 12.0 Å². The summed E-state index contributed by atoms with van der Waals surface area (Å²) in [6.45, 7) is 5.29. The molecular weight excluding hydrogens is 177 g/mol. The molecule has 1 aliphatic heterocycles. The van der Waals surface area contributed by atoms with Crippen molar-refractivity contribution in [3.05, 3.63) is 29.6 Å². The molecule has 0 spiro atoms. The third-order valence-electron chi connectivity index (χ3n) is 3.52. The number of halogens is 1. The quantitative estimate of drug-likeness (QED) is 0.759. The molecular formula is C12H16FN. The Morgan fingerprint density at radius 3 is 2.71 bits per heavy atom. The molecule has 1 heterocycles. The van der Waals surface area contributed by atoms with Gasteiger partial charge in [-0.15, -0.1) is 0 Å². The lowest BCUT2D eigenvalue weighted by atomic mass is 9.78. The first-order valence-electron chi connectivity index (χ1n) is 5.26. The van der Waals surface area contributed by atoms with Gasteiger partial charge in [-0.1, -0.05) is 13.8 Å². The zero-order chi connectivity index (χ0) is 10.2. The highest BCUT2D eigenvalue weighted by atomic mass is 19.1. The molecule has 2 heteroatoms. The molecule has 1 aromatic rings. The second-order valence-corrected chi connectivity index (χ2v) is 4.03. The Hall–Kier alpha value is -1.05. The summed E-state index contributed by atoms with van der Waals surface area (Å²) in [7, 11) is 0. The van der Waals surface area contributed by atoms with Crippen molar-refractivity contribution in [3.8, 4) is 0 Å². The minimum Gasteiger partial charge on any atom is -0.384 e. The number of hydrogen-bond donors (Lipinski definition) is 1. The first kappa shape index (κ1) is 9.50. The lowest BCUT2D eigenvalue weighted by molar-refractivity contribution is 0.435. The lowest BCUT2D eigenvalue weighted by Gasteiger charge is -2.26. The highest BCUT2D eigenvalue weighted by molar-refractivity contribution is 5.60. The molecule has 14 heavy (non-hydrogen) atoms. The predicted octanol–water partition coefficient (Wildman–Crippen LogP) is 3.31. The molecule has 1 aromatic carbocycles. The average molecular weight is 193 g/mol. The summed E-state index contributed by atoms with van der Waals surface area (Å²) in [6.07, 6.45) is 2.12. The Morgan fingerprint density at radius 1 is 1.36 bits per heavy atom. The highest BCUT2D eigenvalue weighted by Crippen LogP contribution is 2.41. The summed E-state index contributed by atoms with van der Waals surface area (Å²) >= 11 is 0. The van der Waals surface area contributed by atoms with Crippen molar-refractivity contribution in [2.24, 2.45) is 0 Å². The van der Waals surface area contributed by atoms with Gasteiger partial charge >= 0.3 is 0 Å². The van der Waals surface area contributed by atoms with Crippen molar-refractivity contribution >= 4 is 5.69 Å². The molecule has 0 fully saturated rings. The zero-order valence-electron chi connectivity index (χ0n) is 8.73. The largest absolute Gasteiger partial charge is 0.384 e. The maximum atomic E-state index is 13.2. The Morgan fingerprint density at radius 2 is 2.07 bits per heavy atom. The number of anilines is 1. The fourth-order valence-corrected chi connectivity index (χ4v) is 2.35. The zero-order valence-corrected chi connectivity index (χ0v) is 8.73. The van der Waals surface area contributed by atoms with Gasteiger partial charge in [0.1, 0.15) is 5.82 Å². The monoisotopic (exact) mass is 193 g/mol. The molecule has 2 rings (SSSR count). The molecule has 0 radical (unpaired) electrons. The molecule has 0 aliphatic carbocycles. The second kappa shape index (κ2) is 3.26. The fraction of sp³-hybridized carbons (Fsp3) is 0.500. The molecule has 0 atom stereocenters. The third-order valence-corrected chi connectivity index (χ3v) is 3.52. The number of rotatable bonds is 2. The van der Waals surface area contributed by atoms with Crippen LogP contribution in [0.4, 0.5) is 10.1 Å². The van der Waals surface area contributed by atoms with Crippen LogP contribution in [0.5, 0.6) is 0 Å². The van der Waals surface area contributed by atoms with Crippen LogP contribution in [0, 0.1) is 5.82 Å². The predicted molar refractivity (Wildman–Crippen MR) is 57.1 cm³/mol. The smallest absolute Gasteiger partial charge is 0.123 e. The van der Waals surface area contributed by atoms with Gasteiger partial charge in [-0.2, -0.15) is 0 Å². The molecule has 1 aliphatic rings. The second-order valence-electron chi connectivity index (χ2n) is 4.03. The molecule has 0 unspecified atom stereocenters. The van der Waals surface area contributed by atoms with Crippen molar-refractivity contribution in [2.45, 2.75) is 32.1 Å². The summed E-state index contributed by atoms with van der Waals surface area (Å²) in [5.74, 6) is -0.126. The van der Waals surface area contributed by atoms with Crippen LogP contribution < -0.4 is 5.32 Å². The van der Waals surface area contributed by atoms with Crippen LogP contribution in [0.15, 0.2) is 18.2 Å². The summed E-state index contributed by atoms with van der Waals surface area (Å²) in [5.41, 5.74) is 2.41. The molecule has 0 amide bonds. The van der Waals surface area contributed by atoms with Gasteiger partial charge in [0.05, 0.1) is 0 Å². The van der Waals surface area contributed by atoms with Crippen LogP contribution in [0.1, 0.15) is 32.3 Å². The minimum atomic E-state index is -0.126. The van der Waals surface area contributed by atoms with E-state index in [9.17, 15) is 4.39 Å². The van der Waals surface area contributed by atoms with Crippen LogP contribution in [0.25, 0.3) is 0 Å². The Kier molecular flexibility index (Phi) is 2.22. The van der Waals surface area contributed by atoms with Gasteiger partial charge in [-0.3, -0.25) is 0 Å². The van der Waals surface area contributed by atoms with E-state index in [1.165, 1.54) is 6.07 Å². The van der Waals surface area contributed by atoms with Gasteiger partial charge in [-0.25, -0.2) is 4.39 Å². The van der Waals surface area contributed by atoms with Crippen LogP contribution in [0.3, 0.4) is 0 Å². The van der Waals surface area contributed by atoms with Crippen molar-refractivity contribution in [1.29, 1.82) is 0 Å². The van der Waals surface area contributed by atoms with Crippen molar-refractivity contribution in [3.63, 3.8) is 0 Å². The molecule has 0 bridgehead atoms. The Balaban J connectivity index is 2.51. The molecule has 0 saturated heterocycles. The number of fused-ring (bicyclic) bond motifs is 1. The Bertz CT molecular complexity index is 342. The molecule has 0 aromatic heterocycles. The van der Waals surface area contributed by atoms with Crippen LogP contribution >= 0.6 is 0 Å². The summed E-state index contributed by atoms with van der Waals surface area (Å²) < 4.78 is 13.2. The normalized spacial score (nSPS) is 17.6. The van der Waals surface area contributed by atoms with Crippen molar-refractivity contribution in [1.82, 2.24) is 0 Å². The van der Waals surface area contributed by atoms with E-state index >= 15 is 0 Å². The van der Waals surface area contributed by atoms with Crippen LogP contribution in [-0.4, -0.2) is 6.54 Å². The van der Waals surface area contributed by atoms with Gasteiger partial charge in [0, 0.05) is 17.6 Å². The maximum Gasteiger partial charge on any atom is 0.123 e. The Labute approximate surface area is 84.3 Å². The number of hydrogen-bond acceptors (Lipinski definition) is 1. The van der Waals surface area contributed by atoms with Crippen LogP contribution in [-0.2, 0) is 5.41 Å². The first-order valence-corrected chi connectivity index (χ1v) is 5.26. The standard InChI is InChI=1S/C12H16FN/c1-3-12(4-2)8-14-11-6-5-9(13)7-10(11)12/h5-7,14H,3-4,8H2,1-2H3. The first-order chi connectivity index (χ1) is 6.72.